The lowest BCUT2D eigenvalue weighted by molar-refractivity contribution is -0.133. The van der Waals surface area contributed by atoms with Crippen LogP contribution < -0.4 is 5.32 Å². The minimum absolute atomic E-state index is 0.0799. The number of rotatable bonds is 6. The van der Waals surface area contributed by atoms with E-state index < -0.39 is 11.8 Å². The fraction of sp³-hybridized carbons (Fsp3) is 0.500. The Balaban J connectivity index is 2.68. The third kappa shape index (κ3) is 4.49. The van der Waals surface area contributed by atoms with E-state index >= 15 is 0 Å². The van der Waals surface area contributed by atoms with Crippen LogP contribution in [-0.4, -0.2) is 17.7 Å². The standard InChI is InChI=1S/C14H18N2O2S/c1-9(2)16-14(18)12(8-15)13(17)10(3)7-11-5-4-6-19-11/h4-6,9-10,12H,7H2,1-3H3,(H,16,18)/t10-,12-/m1/s1. The molecule has 0 saturated carbocycles. The van der Waals surface area contributed by atoms with Crippen LogP contribution in [0.25, 0.3) is 0 Å². The van der Waals surface area contributed by atoms with Crippen LogP contribution >= 0.6 is 11.3 Å². The minimum atomic E-state index is -1.21. The Bertz CT molecular complexity index is 474. The molecular weight excluding hydrogens is 260 g/mol. The molecule has 1 heterocycles. The minimum Gasteiger partial charge on any atom is -0.352 e. The van der Waals surface area contributed by atoms with Crippen LogP contribution in [0, 0.1) is 23.2 Å². The maximum absolute atomic E-state index is 12.1. The maximum atomic E-state index is 12.1. The number of amides is 1. The summed E-state index contributed by atoms with van der Waals surface area (Å²) in [5.41, 5.74) is 0. The molecule has 102 valence electrons. The number of nitriles is 1. The fourth-order valence-electron chi connectivity index (χ4n) is 1.73. The molecule has 0 radical (unpaired) electrons. The van der Waals surface area contributed by atoms with E-state index in [-0.39, 0.29) is 17.7 Å². The summed E-state index contributed by atoms with van der Waals surface area (Å²) in [6.45, 7) is 5.35. The van der Waals surface area contributed by atoms with Gasteiger partial charge >= 0.3 is 0 Å². The number of hydrogen-bond donors (Lipinski definition) is 1. The molecule has 4 nitrogen and oxygen atoms in total. The van der Waals surface area contributed by atoms with E-state index in [0.29, 0.717) is 6.42 Å². The number of nitrogens with zero attached hydrogens (tertiary/aromatic N) is 1. The molecule has 0 bridgehead atoms. The molecule has 5 heteroatoms. The number of thiophene rings is 1. The second-order valence-electron chi connectivity index (χ2n) is 4.81. The summed E-state index contributed by atoms with van der Waals surface area (Å²) in [6.07, 6.45) is 0.573. The summed E-state index contributed by atoms with van der Waals surface area (Å²) in [5.74, 6) is -2.35. The van der Waals surface area contributed by atoms with Crippen LogP contribution in [0.15, 0.2) is 17.5 Å². The Morgan fingerprint density at radius 3 is 2.58 bits per heavy atom. The van der Waals surface area contributed by atoms with Crippen molar-refractivity contribution in [1.29, 1.82) is 5.26 Å². The average Bonchev–Trinajstić information content (AvgIpc) is 2.81. The molecule has 1 rings (SSSR count). The van der Waals surface area contributed by atoms with Crippen LogP contribution in [0.2, 0.25) is 0 Å². The number of carbonyl (C=O) groups is 2. The molecule has 0 fully saturated rings. The van der Waals surface area contributed by atoms with E-state index in [1.54, 1.807) is 32.1 Å². The molecule has 2 atom stereocenters. The predicted octanol–water partition coefficient (Wildman–Crippen LogP) is 2.16. The third-order valence-corrected chi connectivity index (χ3v) is 3.58. The maximum Gasteiger partial charge on any atom is 0.245 e. The van der Waals surface area contributed by atoms with Crippen molar-refractivity contribution in [2.75, 3.05) is 0 Å². The second-order valence-corrected chi connectivity index (χ2v) is 5.84. The molecule has 0 aliphatic rings. The summed E-state index contributed by atoms with van der Waals surface area (Å²) in [6, 6.07) is 5.60. The fourth-order valence-corrected chi connectivity index (χ4v) is 2.57. The molecule has 1 aromatic heterocycles. The molecule has 0 aromatic carbocycles. The van der Waals surface area contributed by atoms with Crippen molar-refractivity contribution >= 4 is 23.0 Å². The quantitative estimate of drug-likeness (QED) is 0.811. The number of ketones is 1. The number of nitrogens with one attached hydrogen (secondary N) is 1. The van der Waals surface area contributed by atoms with Crippen molar-refractivity contribution in [1.82, 2.24) is 5.32 Å². The number of Topliss-reactive ketones (excluding diaryl/α,β-unsaturated/α-hetero) is 1. The van der Waals surface area contributed by atoms with Crippen LogP contribution in [0.1, 0.15) is 25.6 Å². The first-order chi connectivity index (χ1) is 8.95. The van der Waals surface area contributed by atoms with Gasteiger partial charge in [-0.3, -0.25) is 9.59 Å². The first-order valence-corrected chi connectivity index (χ1v) is 7.09. The molecule has 1 N–H and O–H groups in total. The Morgan fingerprint density at radius 2 is 2.11 bits per heavy atom. The smallest absolute Gasteiger partial charge is 0.245 e. The van der Waals surface area contributed by atoms with Gasteiger partial charge in [0.2, 0.25) is 5.91 Å². The third-order valence-electron chi connectivity index (χ3n) is 2.68. The lowest BCUT2D eigenvalue weighted by atomic mass is 9.91. The lowest BCUT2D eigenvalue weighted by Gasteiger charge is -2.15. The molecule has 0 aliphatic carbocycles. The molecular formula is C14H18N2O2S. The molecule has 0 spiro atoms. The SMILES string of the molecule is CC(C)NC(=O)[C@H](C#N)C(=O)[C@H](C)Cc1cccs1. The zero-order valence-corrected chi connectivity index (χ0v) is 12.2. The van der Waals surface area contributed by atoms with Gasteiger partial charge in [-0.1, -0.05) is 13.0 Å². The first-order valence-electron chi connectivity index (χ1n) is 6.21. The van der Waals surface area contributed by atoms with E-state index in [9.17, 15) is 9.59 Å². The highest BCUT2D eigenvalue weighted by Gasteiger charge is 2.30. The van der Waals surface area contributed by atoms with E-state index in [1.165, 1.54) is 0 Å². The average molecular weight is 278 g/mol. The normalized spacial score (nSPS) is 13.6. The Morgan fingerprint density at radius 1 is 1.42 bits per heavy atom. The van der Waals surface area contributed by atoms with Crippen LogP contribution in [-0.2, 0) is 16.0 Å². The molecule has 0 unspecified atom stereocenters. The number of carbonyl (C=O) groups excluding carboxylic acids is 2. The van der Waals surface area contributed by atoms with Gasteiger partial charge in [-0.15, -0.1) is 11.3 Å². The van der Waals surface area contributed by atoms with Gasteiger partial charge in [0.15, 0.2) is 11.7 Å². The van der Waals surface area contributed by atoms with E-state index in [2.05, 4.69) is 5.32 Å². The molecule has 19 heavy (non-hydrogen) atoms. The molecule has 0 saturated heterocycles. The van der Waals surface area contributed by atoms with E-state index in [4.69, 9.17) is 5.26 Å². The topological polar surface area (TPSA) is 70.0 Å². The zero-order chi connectivity index (χ0) is 14.4. The Hall–Kier alpha value is -1.67. The first kappa shape index (κ1) is 15.4. The van der Waals surface area contributed by atoms with Crippen molar-refractivity contribution in [3.8, 4) is 6.07 Å². The molecule has 1 aromatic rings. The van der Waals surface area contributed by atoms with Crippen LogP contribution in [0.5, 0.6) is 0 Å². The monoisotopic (exact) mass is 278 g/mol. The summed E-state index contributed by atoms with van der Waals surface area (Å²) in [4.78, 5) is 25.0. The van der Waals surface area contributed by atoms with Crippen molar-refractivity contribution in [3.05, 3.63) is 22.4 Å². The van der Waals surface area contributed by atoms with Crippen molar-refractivity contribution in [3.63, 3.8) is 0 Å². The molecule has 1 amide bonds. The van der Waals surface area contributed by atoms with Crippen molar-refractivity contribution < 1.29 is 9.59 Å². The van der Waals surface area contributed by atoms with Crippen molar-refractivity contribution in [2.45, 2.75) is 33.2 Å². The Kier molecular flexibility index (Phi) is 5.71. The second kappa shape index (κ2) is 7.05. The number of hydrogen-bond acceptors (Lipinski definition) is 4. The lowest BCUT2D eigenvalue weighted by Crippen LogP contribution is -2.40. The van der Waals surface area contributed by atoms with Gasteiger partial charge in [-0.2, -0.15) is 5.26 Å². The largest absolute Gasteiger partial charge is 0.352 e. The van der Waals surface area contributed by atoms with Gasteiger partial charge in [0.05, 0.1) is 6.07 Å². The molecule has 0 aliphatic heterocycles. The summed E-state index contributed by atoms with van der Waals surface area (Å²) >= 11 is 1.57. The van der Waals surface area contributed by atoms with Gasteiger partial charge in [0.1, 0.15) is 0 Å². The summed E-state index contributed by atoms with van der Waals surface area (Å²) < 4.78 is 0. The van der Waals surface area contributed by atoms with Crippen LogP contribution in [0.4, 0.5) is 0 Å². The van der Waals surface area contributed by atoms with Gasteiger partial charge in [0.25, 0.3) is 0 Å². The predicted molar refractivity (Wildman–Crippen MR) is 74.6 cm³/mol. The zero-order valence-electron chi connectivity index (χ0n) is 11.3. The van der Waals surface area contributed by atoms with Crippen LogP contribution in [0.3, 0.4) is 0 Å². The Labute approximate surface area is 117 Å². The van der Waals surface area contributed by atoms with E-state index in [0.717, 1.165) is 4.88 Å². The summed E-state index contributed by atoms with van der Waals surface area (Å²) in [5, 5.41) is 13.6. The van der Waals surface area contributed by atoms with Gasteiger partial charge in [-0.25, -0.2) is 0 Å². The highest BCUT2D eigenvalue weighted by molar-refractivity contribution is 7.09. The highest BCUT2D eigenvalue weighted by atomic mass is 32.1. The summed E-state index contributed by atoms with van der Waals surface area (Å²) in [7, 11) is 0. The van der Waals surface area contributed by atoms with Crippen molar-refractivity contribution in [2.24, 2.45) is 11.8 Å². The van der Waals surface area contributed by atoms with Gasteiger partial charge in [0, 0.05) is 16.8 Å². The highest BCUT2D eigenvalue weighted by Crippen LogP contribution is 2.17. The van der Waals surface area contributed by atoms with E-state index in [1.807, 2.05) is 23.6 Å². The van der Waals surface area contributed by atoms with Gasteiger partial charge in [-0.05, 0) is 31.7 Å². The van der Waals surface area contributed by atoms with Gasteiger partial charge < -0.3 is 5.32 Å².